The largest absolute Gasteiger partial charge is 0.509 e. The third-order valence-electron chi connectivity index (χ3n) is 11.1. The van der Waals surface area contributed by atoms with Gasteiger partial charge in [-0.1, -0.05) is 108 Å². The second-order valence-corrected chi connectivity index (χ2v) is 17.0. The van der Waals surface area contributed by atoms with Crippen molar-refractivity contribution in [3.05, 3.63) is 163 Å². The summed E-state index contributed by atoms with van der Waals surface area (Å²) in [5.74, 6) is 1.26. The SMILES string of the molecule is [2H]C([2H])([2H])n1c(-n2c3[c-]c(Oc4[c-]c(N5[CH-]N(c6cc(C(C)(C)C)cc(C(C)(C)C)c6)c6cc7ccccc7cc65)ccc4)ccc3c3ccccc32)nc2ccccc21.[Pt]. The van der Waals surface area contributed by atoms with E-state index >= 15 is 0 Å². The number of nitrogens with zero attached hydrogens (tertiary/aromatic N) is 5. The van der Waals surface area contributed by atoms with Crippen molar-refractivity contribution < 1.29 is 29.9 Å². The van der Waals surface area contributed by atoms with E-state index in [1.165, 1.54) is 21.1 Å². The summed E-state index contributed by atoms with van der Waals surface area (Å²) in [5, 5.41) is 4.17. The van der Waals surface area contributed by atoms with Gasteiger partial charge in [-0.25, -0.2) is 4.98 Å². The number of aryl methyl sites for hydroxylation is 1. The van der Waals surface area contributed by atoms with Crippen LogP contribution in [0.25, 0.3) is 49.6 Å². The van der Waals surface area contributed by atoms with Crippen LogP contribution in [0.15, 0.2) is 133 Å². The van der Waals surface area contributed by atoms with Gasteiger partial charge in [0.1, 0.15) is 0 Å². The van der Waals surface area contributed by atoms with Crippen molar-refractivity contribution >= 4 is 66.4 Å². The molecule has 2 aromatic heterocycles. The van der Waals surface area contributed by atoms with Crippen LogP contribution in [0.1, 0.15) is 56.8 Å². The molecule has 7 aromatic carbocycles. The van der Waals surface area contributed by atoms with Crippen LogP contribution < -0.4 is 14.5 Å². The van der Waals surface area contributed by atoms with Crippen molar-refractivity contribution in [2.24, 2.45) is 6.98 Å². The Morgan fingerprint density at radius 1 is 0.621 bits per heavy atom. The van der Waals surface area contributed by atoms with Crippen LogP contribution >= 0.6 is 0 Å². The predicted octanol–water partition coefficient (Wildman–Crippen LogP) is 13.2. The molecule has 1 aliphatic rings. The molecule has 0 unspecified atom stereocenters. The molecule has 292 valence electrons. The Bertz CT molecular complexity index is 3120. The van der Waals surface area contributed by atoms with Gasteiger partial charge < -0.3 is 23.7 Å². The molecule has 0 saturated heterocycles. The fourth-order valence-electron chi connectivity index (χ4n) is 7.92. The molecule has 10 rings (SSSR count). The van der Waals surface area contributed by atoms with Gasteiger partial charge in [0.15, 0.2) is 0 Å². The van der Waals surface area contributed by atoms with Crippen LogP contribution in [0, 0.1) is 18.8 Å². The molecule has 58 heavy (non-hydrogen) atoms. The minimum absolute atomic E-state index is 0. The molecule has 3 heterocycles. The summed E-state index contributed by atoms with van der Waals surface area (Å²) in [6.07, 6.45) is 0. The van der Waals surface area contributed by atoms with Crippen molar-refractivity contribution in [3.63, 3.8) is 0 Å². The van der Waals surface area contributed by atoms with Crippen LogP contribution in [0.3, 0.4) is 0 Å². The number of para-hydroxylation sites is 3. The Labute approximate surface area is 358 Å². The standard InChI is InChI=1S/C51H44N5O.Pt/c1-50(2,3)35-27-36(51(4,5)6)29-38(28-35)55-32-54(47-25-33-15-8-9-16-34(33)26-48(47)55)37-17-14-18-39(30-37)57-40-23-24-42-41-19-10-12-21-44(41)56(46(42)31-40)49-52-43-20-11-13-22-45(43)53(49)7;/h8-29,32H,1-7H3;/q-3;/i7D3;. The van der Waals surface area contributed by atoms with E-state index in [0.717, 1.165) is 44.4 Å². The second kappa shape index (κ2) is 13.9. The first-order valence-electron chi connectivity index (χ1n) is 20.9. The molecule has 0 spiro atoms. The number of ether oxygens (including phenoxy) is 1. The fraction of sp³-hybridized carbons (Fsp3) is 0.176. The molecule has 0 saturated carbocycles. The van der Waals surface area contributed by atoms with E-state index in [2.05, 4.69) is 125 Å². The summed E-state index contributed by atoms with van der Waals surface area (Å²) in [5.41, 5.74) is 9.11. The van der Waals surface area contributed by atoms with E-state index < -0.39 is 6.98 Å². The topological polar surface area (TPSA) is 38.5 Å². The number of hydrogen-bond acceptors (Lipinski definition) is 4. The summed E-state index contributed by atoms with van der Waals surface area (Å²) in [6, 6.07) is 52.1. The maximum Gasteiger partial charge on any atom is 0.213 e. The fourth-order valence-corrected chi connectivity index (χ4v) is 7.92. The smallest absolute Gasteiger partial charge is 0.213 e. The van der Waals surface area contributed by atoms with Gasteiger partial charge in [0.2, 0.25) is 5.95 Å². The van der Waals surface area contributed by atoms with E-state index in [-0.39, 0.29) is 37.8 Å². The minimum atomic E-state index is -2.48. The number of benzene rings is 7. The maximum absolute atomic E-state index is 8.52. The molecule has 0 bridgehead atoms. The van der Waals surface area contributed by atoms with E-state index in [9.17, 15) is 0 Å². The van der Waals surface area contributed by atoms with Crippen molar-refractivity contribution in [2.75, 3.05) is 9.80 Å². The summed E-state index contributed by atoms with van der Waals surface area (Å²) in [6.45, 7) is 13.3. The monoisotopic (exact) mass is 940 g/mol. The van der Waals surface area contributed by atoms with Crippen molar-refractivity contribution in [3.8, 4) is 17.4 Å². The van der Waals surface area contributed by atoms with Crippen molar-refractivity contribution in [1.29, 1.82) is 0 Å². The molecular weight excluding hydrogens is 894 g/mol. The van der Waals surface area contributed by atoms with Gasteiger partial charge in [0.25, 0.3) is 0 Å². The van der Waals surface area contributed by atoms with Gasteiger partial charge in [0.05, 0.1) is 11.0 Å². The summed E-state index contributed by atoms with van der Waals surface area (Å²) in [7, 11) is 0. The zero-order valence-corrected chi connectivity index (χ0v) is 35.5. The van der Waals surface area contributed by atoms with E-state index in [1.54, 1.807) is 6.07 Å². The van der Waals surface area contributed by atoms with E-state index in [1.807, 2.05) is 77.4 Å². The molecule has 0 amide bonds. The van der Waals surface area contributed by atoms with E-state index in [4.69, 9.17) is 13.8 Å². The predicted molar refractivity (Wildman–Crippen MR) is 236 cm³/mol. The number of rotatable bonds is 5. The molecule has 0 fully saturated rings. The number of anilines is 4. The Balaban J connectivity index is 0.00000476. The van der Waals surface area contributed by atoms with E-state index in [0.29, 0.717) is 28.0 Å². The van der Waals surface area contributed by atoms with Crippen LogP contribution in [0.2, 0.25) is 0 Å². The number of fused-ring (bicyclic) bond motifs is 6. The van der Waals surface area contributed by atoms with Gasteiger partial charge >= 0.3 is 0 Å². The average molecular weight is 941 g/mol. The number of imidazole rings is 1. The summed E-state index contributed by atoms with van der Waals surface area (Å²) in [4.78, 5) is 9.35. The normalized spacial score (nSPS) is 14.1. The third-order valence-corrected chi connectivity index (χ3v) is 11.1. The van der Waals surface area contributed by atoms with Crippen LogP contribution in [0.4, 0.5) is 22.7 Å². The first kappa shape index (κ1) is 34.2. The van der Waals surface area contributed by atoms with Gasteiger partial charge in [-0.2, -0.15) is 12.1 Å². The molecule has 0 aliphatic carbocycles. The Morgan fingerprint density at radius 2 is 1.26 bits per heavy atom. The zero-order valence-electron chi connectivity index (χ0n) is 36.2. The summed E-state index contributed by atoms with van der Waals surface area (Å²) >= 11 is 0. The van der Waals surface area contributed by atoms with Gasteiger partial charge in [0, 0.05) is 66.2 Å². The third kappa shape index (κ3) is 6.35. The van der Waals surface area contributed by atoms with Gasteiger partial charge in [-0.05, 0) is 80.6 Å². The molecule has 7 heteroatoms. The summed E-state index contributed by atoms with van der Waals surface area (Å²) < 4.78 is 35.4. The molecule has 0 radical (unpaired) electrons. The quantitative estimate of drug-likeness (QED) is 0.161. The second-order valence-electron chi connectivity index (χ2n) is 17.0. The molecule has 6 nitrogen and oxygen atoms in total. The van der Waals surface area contributed by atoms with Crippen molar-refractivity contribution in [1.82, 2.24) is 14.1 Å². The zero-order chi connectivity index (χ0) is 41.7. The van der Waals surface area contributed by atoms with Gasteiger partial charge in [-0.15, -0.1) is 48.1 Å². The number of aromatic nitrogens is 3. The molecule has 0 N–H and O–H groups in total. The van der Waals surface area contributed by atoms with Gasteiger partial charge in [-0.3, -0.25) is 0 Å². The maximum atomic E-state index is 8.52. The number of hydrogen-bond donors (Lipinski definition) is 0. The Morgan fingerprint density at radius 3 is 1.97 bits per heavy atom. The van der Waals surface area contributed by atoms with Crippen LogP contribution in [-0.2, 0) is 38.9 Å². The molecule has 9 aromatic rings. The first-order chi connectivity index (χ1) is 28.6. The van der Waals surface area contributed by atoms with Crippen LogP contribution in [-0.4, -0.2) is 14.1 Å². The first-order valence-corrected chi connectivity index (χ1v) is 19.4. The van der Waals surface area contributed by atoms with Crippen molar-refractivity contribution in [2.45, 2.75) is 52.4 Å². The average Bonchev–Trinajstić information content (AvgIpc) is 3.88. The molecule has 1 aliphatic heterocycles. The minimum Gasteiger partial charge on any atom is -0.509 e. The Kier molecular flexibility index (Phi) is 8.21. The Hall–Kier alpha value is -5.84. The molecular formula is C51H44N5OPt-3. The molecule has 0 atom stereocenters. The van der Waals surface area contributed by atoms with Crippen LogP contribution in [0.5, 0.6) is 11.5 Å².